The molecule has 1 rings (SSSR count). The number of ether oxygens (including phenoxy) is 1. The number of nitrogens with zero attached hydrogens (tertiary/aromatic N) is 1. The Morgan fingerprint density at radius 3 is 2.26 bits per heavy atom. The van der Waals surface area contributed by atoms with Gasteiger partial charge in [-0.2, -0.15) is 0 Å². The van der Waals surface area contributed by atoms with Crippen molar-refractivity contribution in [1.29, 1.82) is 0 Å². The third-order valence-electron chi connectivity index (χ3n) is 5.25. The van der Waals surface area contributed by atoms with Crippen LogP contribution in [0, 0.1) is 17.8 Å². The van der Waals surface area contributed by atoms with E-state index in [-0.39, 0.29) is 12.1 Å². The van der Waals surface area contributed by atoms with E-state index >= 15 is 0 Å². The quantitative estimate of drug-likeness (QED) is 0.535. The number of hydrogen-bond donors (Lipinski definition) is 0. The summed E-state index contributed by atoms with van der Waals surface area (Å²) < 4.78 is 5.95. The molecule has 1 fully saturated rings. The van der Waals surface area contributed by atoms with Gasteiger partial charge in [0.05, 0.1) is 6.54 Å². The van der Waals surface area contributed by atoms with Crippen LogP contribution in [0.2, 0.25) is 0 Å². The number of esters is 1. The fourth-order valence-corrected chi connectivity index (χ4v) is 3.67. The van der Waals surface area contributed by atoms with Crippen LogP contribution in [-0.4, -0.2) is 36.6 Å². The lowest BCUT2D eigenvalue weighted by Gasteiger charge is -2.37. The van der Waals surface area contributed by atoms with Gasteiger partial charge in [-0.3, -0.25) is 9.69 Å². The first-order valence-electron chi connectivity index (χ1n) is 9.89. The van der Waals surface area contributed by atoms with Gasteiger partial charge >= 0.3 is 5.97 Å². The average molecular weight is 326 g/mol. The van der Waals surface area contributed by atoms with Crippen LogP contribution >= 0.6 is 0 Å². The van der Waals surface area contributed by atoms with Crippen molar-refractivity contribution < 1.29 is 9.53 Å². The molecule has 0 aromatic heterocycles. The molecule has 0 aromatic carbocycles. The second-order valence-electron chi connectivity index (χ2n) is 7.84. The highest BCUT2D eigenvalue weighted by Gasteiger charge is 2.33. The monoisotopic (exact) mass is 325 g/mol. The van der Waals surface area contributed by atoms with E-state index in [0.717, 1.165) is 32.4 Å². The second-order valence-corrected chi connectivity index (χ2v) is 7.84. The SMILES string of the molecule is CCCCN(CCCC)CC(=O)O[C@@H]1C[C@H](C)CC[C@H]1C(C)C. The molecule has 0 saturated heterocycles. The summed E-state index contributed by atoms with van der Waals surface area (Å²) in [6.07, 6.45) is 8.31. The van der Waals surface area contributed by atoms with E-state index in [0.29, 0.717) is 24.3 Å². The van der Waals surface area contributed by atoms with Crippen LogP contribution in [0.3, 0.4) is 0 Å². The van der Waals surface area contributed by atoms with Crippen molar-refractivity contribution in [2.75, 3.05) is 19.6 Å². The predicted octanol–water partition coefficient (Wildman–Crippen LogP) is 4.89. The third-order valence-corrected chi connectivity index (χ3v) is 5.25. The maximum atomic E-state index is 12.5. The number of rotatable bonds is 10. The molecule has 1 aliphatic carbocycles. The Hall–Kier alpha value is -0.570. The lowest BCUT2D eigenvalue weighted by Crippen LogP contribution is -2.39. The fourth-order valence-electron chi connectivity index (χ4n) is 3.67. The van der Waals surface area contributed by atoms with Crippen molar-refractivity contribution in [3.05, 3.63) is 0 Å². The lowest BCUT2D eigenvalue weighted by atomic mass is 9.75. The Balaban J connectivity index is 2.52. The molecule has 0 unspecified atom stereocenters. The van der Waals surface area contributed by atoms with E-state index < -0.39 is 0 Å². The summed E-state index contributed by atoms with van der Waals surface area (Å²) in [6.45, 7) is 13.7. The van der Waals surface area contributed by atoms with Crippen LogP contribution in [0.15, 0.2) is 0 Å². The molecule has 1 aliphatic rings. The van der Waals surface area contributed by atoms with Crippen molar-refractivity contribution in [3.63, 3.8) is 0 Å². The highest BCUT2D eigenvalue weighted by Crippen LogP contribution is 2.35. The zero-order chi connectivity index (χ0) is 17.2. The van der Waals surface area contributed by atoms with Gasteiger partial charge in [0.15, 0.2) is 0 Å². The molecule has 0 amide bonds. The van der Waals surface area contributed by atoms with E-state index in [4.69, 9.17) is 4.74 Å². The zero-order valence-corrected chi connectivity index (χ0v) is 16.1. The molecule has 23 heavy (non-hydrogen) atoms. The minimum absolute atomic E-state index is 0.0121. The Labute approximate surface area is 144 Å². The predicted molar refractivity (Wildman–Crippen MR) is 97.5 cm³/mol. The van der Waals surface area contributed by atoms with Gasteiger partial charge in [0, 0.05) is 0 Å². The smallest absolute Gasteiger partial charge is 0.320 e. The maximum absolute atomic E-state index is 12.5. The Kier molecular flexibility index (Phi) is 9.85. The van der Waals surface area contributed by atoms with Gasteiger partial charge < -0.3 is 4.74 Å². The molecule has 0 spiro atoms. The summed E-state index contributed by atoms with van der Waals surface area (Å²) in [7, 11) is 0. The normalized spacial score (nSPS) is 25.1. The fraction of sp³-hybridized carbons (Fsp3) is 0.950. The number of unbranched alkanes of at least 4 members (excludes halogenated alkanes) is 2. The summed E-state index contributed by atoms with van der Waals surface area (Å²) in [5.74, 6) is 1.80. The van der Waals surface area contributed by atoms with E-state index in [1.807, 2.05) is 0 Å². The Morgan fingerprint density at radius 1 is 1.13 bits per heavy atom. The molecule has 3 atom stereocenters. The van der Waals surface area contributed by atoms with Crippen molar-refractivity contribution >= 4 is 5.97 Å². The molecule has 136 valence electrons. The van der Waals surface area contributed by atoms with Crippen LogP contribution < -0.4 is 0 Å². The highest BCUT2D eigenvalue weighted by atomic mass is 16.5. The molecule has 0 radical (unpaired) electrons. The van der Waals surface area contributed by atoms with Crippen molar-refractivity contribution in [1.82, 2.24) is 4.90 Å². The summed E-state index contributed by atoms with van der Waals surface area (Å²) in [5.41, 5.74) is 0. The van der Waals surface area contributed by atoms with Crippen LogP contribution in [0.4, 0.5) is 0 Å². The number of carbonyl (C=O) groups is 1. The van der Waals surface area contributed by atoms with Crippen LogP contribution in [-0.2, 0) is 9.53 Å². The minimum Gasteiger partial charge on any atom is -0.461 e. The first kappa shape index (κ1) is 20.5. The van der Waals surface area contributed by atoms with Gasteiger partial charge in [-0.05, 0) is 56.5 Å². The van der Waals surface area contributed by atoms with Crippen LogP contribution in [0.1, 0.15) is 79.6 Å². The molecule has 0 aromatic rings. The van der Waals surface area contributed by atoms with Gasteiger partial charge in [-0.25, -0.2) is 0 Å². The van der Waals surface area contributed by atoms with Gasteiger partial charge in [0.2, 0.25) is 0 Å². The van der Waals surface area contributed by atoms with Crippen LogP contribution in [0.5, 0.6) is 0 Å². The third kappa shape index (κ3) is 7.69. The molecule has 0 N–H and O–H groups in total. The van der Waals surface area contributed by atoms with Gasteiger partial charge in [0.25, 0.3) is 0 Å². The highest BCUT2D eigenvalue weighted by molar-refractivity contribution is 5.71. The summed E-state index contributed by atoms with van der Waals surface area (Å²) in [6, 6.07) is 0. The summed E-state index contributed by atoms with van der Waals surface area (Å²) in [4.78, 5) is 14.7. The Morgan fingerprint density at radius 2 is 1.74 bits per heavy atom. The molecule has 1 saturated carbocycles. The van der Waals surface area contributed by atoms with E-state index in [1.165, 1.54) is 25.7 Å². The van der Waals surface area contributed by atoms with Gasteiger partial charge in [0.1, 0.15) is 6.10 Å². The number of carbonyl (C=O) groups excluding carboxylic acids is 1. The summed E-state index contributed by atoms with van der Waals surface area (Å²) >= 11 is 0. The average Bonchev–Trinajstić information content (AvgIpc) is 2.49. The van der Waals surface area contributed by atoms with E-state index in [1.54, 1.807) is 0 Å². The largest absolute Gasteiger partial charge is 0.461 e. The Bertz CT molecular complexity index is 322. The molecule has 3 nitrogen and oxygen atoms in total. The standard InChI is InChI=1S/C20H39NO2/c1-6-8-12-21(13-9-7-2)15-20(22)23-19-14-17(5)10-11-18(19)16(3)4/h16-19H,6-15H2,1-5H3/t17-,18+,19-/m1/s1. The van der Waals surface area contributed by atoms with Crippen LogP contribution in [0.25, 0.3) is 0 Å². The molecule has 0 bridgehead atoms. The molecular weight excluding hydrogens is 286 g/mol. The van der Waals surface area contributed by atoms with Crippen molar-refractivity contribution in [3.8, 4) is 0 Å². The maximum Gasteiger partial charge on any atom is 0.320 e. The molecule has 0 heterocycles. The lowest BCUT2D eigenvalue weighted by molar-refractivity contribution is -0.157. The minimum atomic E-state index is -0.0121. The van der Waals surface area contributed by atoms with E-state index in [2.05, 4.69) is 39.5 Å². The second kappa shape index (κ2) is 11.1. The topological polar surface area (TPSA) is 29.5 Å². The summed E-state index contributed by atoms with van der Waals surface area (Å²) in [5, 5.41) is 0. The zero-order valence-electron chi connectivity index (χ0n) is 16.1. The van der Waals surface area contributed by atoms with Gasteiger partial charge in [-0.1, -0.05) is 53.9 Å². The number of hydrogen-bond acceptors (Lipinski definition) is 3. The first-order valence-corrected chi connectivity index (χ1v) is 9.89. The first-order chi connectivity index (χ1) is 11.0. The molecular formula is C20H39NO2. The molecule has 3 heteroatoms. The van der Waals surface area contributed by atoms with E-state index in [9.17, 15) is 4.79 Å². The van der Waals surface area contributed by atoms with Gasteiger partial charge in [-0.15, -0.1) is 0 Å². The molecule has 0 aliphatic heterocycles. The van der Waals surface area contributed by atoms with Crippen molar-refractivity contribution in [2.24, 2.45) is 17.8 Å². The van der Waals surface area contributed by atoms with Crippen molar-refractivity contribution in [2.45, 2.75) is 85.7 Å².